The van der Waals surface area contributed by atoms with Gasteiger partial charge in [0, 0.05) is 12.5 Å². The van der Waals surface area contributed by atoms with Gasteiger partial charge in [-0.15, -0.1) is 0 Å². The number of nitrogens with two attached hydrogens (primary N) is 1. The summed E-state index contributed by atoms with van der Waals surface area (Å²) in [6, 6.07) is 8.34. The number of aryl methyl sites for hydroxylation is 1. The van der Waals surface area contributed by atoms with E-state index in [0.29, 0.717) is 6.42 Å². The van der Waals surface area contributed by atoms with Crippen LogP contribution in [0.1, 0.15) is 36.9 Å². The lowest BCUT2D eigenvalue weighted by molar-refractivity contribution is -0.123. The van der Waals surface area contributed by atoms with Crippen LogP contribution in [0.2, 0.25) is 0 Å². The van der Waals surface area contributed by atoms with Crippen molar-refractivity contribution in [2.24, 2.45) is 5.73 Å². The van der Waals surface area contributed by atoms with E-state index in [4.69, 9.17) is 5.73 Å². The van der Waals surface area contributed by atoms with E-state index in [-0.39, 0.29) is 18.0 Å². The van der Waals surface area contributed by atoms with Crippen LogP contribution >= 0.6 is 0 Å². The fourth-order valence-corrected chi connectivity index (χ4v) is 2.11. The zero-order valence-corrected chi connectivity index (χ0v) is 9.57. The third kappa shape index (κ3) is 2.25. The monoisotopic (exact) mass is 218 g/mol. The number of piperidine rings is 1. The van der Waals surface area contributed by atoms with Crippen molar-refractivity contribution < 1.29 is 4.79 Å². The number of benzene rings is 1. The van der Waals surface area contributed by atoms with Gasteiger partial charge in [-0.25, -0.2) is 0 Å². The standard InChI is InChI=1S/C13H18N2O/c1-2-9-3-5-10(6-4-9)13-11(14)7-8-12(16)15-13/h3-6,11,13H,2,7-8,14H2,1H3,(H,15,16). The highest BCUT2D eigenvalue weighted by molar-refractivity contribution is 5.77. The van der Waals surface area contributed by atoms with Crippen LogP contribution in [0.5, 0.6) is 0 Å². The third-order valence-electron chi connectivity index (χ3n) is 3.20. The van der Waals surface area contributed by atoms with Crippen molar-refractivity contribution in [2.45, 2.75) is 38.3 Å². The molecule has 86 valence electrons. The Morgan fingerprint density at radius 2 is 2.06 bits per heavy atom. The summed E-state index contributed by atoms with van der Waals surface area (Å²) in [5, 5.41) is 2.96. The summed E-state index contributed by atoms with van der Waals surface area (Å²) >= 11 is 0. The SMILES string of the molecule is CCc1ccc(C2NC(=O)CCC2N)cc1. The minimum absolute atomic E-state index is 0.0212. The molecule has 2 rings (SSSR count). The zero-order chi connectivity index (χ0) is 11.5. The Hall–Kier alpha value is -1.35. The smallest absolute Gasteiger partial charge is 0.220 e. The normalized spacial score (nSPS) is 25.2. The Bertz CT molecular complexity index is 372. The Kier molecular flexibility index (Phi) is 3.25. The maximum atomic E-state index is 11.3. The first-order chi connectivity index (χ1) is 7.70. The first-order valence-corrected chi connectivity index (χ1v) is 5.84. The maximum Gasteiger partial charge on any atom is 0.220 e. The van der Waals surface area contributed by atoms with Gasteiger partial charge in [0.15, 0.2) is 0 Å². The van der Waals surface area contributed by atoms with Crippen molar-refractivity contribution in [3.05, 3.63) is 35.4 Å². The Balaban J connectivity index is 2.18. The number of carbonyl (C=O) groups is 1. The van der Waals surface area contributed by atoms with Crippen LogP contribution in [-0.4, -0.2) is 11.9 Å². The van der Waals surface area contributed by atoms with Gasteiger partial charge in [0.2, 0.25) is 5.91 Å². The quantitative estimate of drug-likeness (QED) is 0.791. The van der Waals surface area contributed by atoms with Gasteiger partial charge in [0.1, 0.15) is 0 Å². The summed E-state index contributed by atoms with van der Waals surface area (Å²) in [7, 11) is 0. The molecule has 3 heteroatoms. The molecule has 2 unspecified atom stereocenters. The molecule has 1 aliphatic heterocycles. The second kappa shape index (κ2) is 4.66. The Morgan fingerprint density at radius 1 is 1.38 bits per heavy atom. The largest absolute Gasteiger partial charge is 0.348 e. The highest BCUT2D eigenvalue weighted by Gasteiger charge is 2.26. The Morgan fingerprint density at radius 3 is 2.69 bits per heavy atom. The number of rotatable bonds is 2. The minimum Gasteiger partial charge on any atom is -0.348 e. The van der Waals surface area contributed by atoms with Gasteiger partial charge in [0.05, 0.1) is 6.04 Å². The van der Waals surface area contributed by atoms with Crippen molar-refractivity contribution in [3.63, 3.8) is 0 Å². The van der Waals surface area contributed by atoms with E-state index in [1.807, 2.05) is 0 Å². The fourth-order valence-electron chi connectivity index (χ4n) is 2.11. The second-order valence-corrected chi connectivity index (χ2v) is 4.34. The van der Waals surface area contributed by atoms with Crippen LogP contribution in [0.4, 0.5) is 0 Å². The summed E-state index contributed by atoms with van der Waals surface area (Å²) < 4.78 is 0. The van der Waals surface area contributed by atoms with E-state index in [9.17, 15) is 4.79 Å². The van der Waals surface area contributed by atoms with Crippen molar-refractivity contribution in [2.75, 3.05) is 0 Å². The molecule has 0 aromatic heterocycles. The van der Waals surface area contributed by atoms with Crippen LogP contribution in [0.25, 0.3) is 0 Å². The van der Waals surface area contributed by atoms with Crippen LogP contribution < -0.4 is 11.1 Å². The van der Waals surface area contributed by atoms with Gasteiger partial charge in [-0.2, -0.15) is 0 Å². The highest BCUT2D eigenvalue weighted by atomic mass is 16.1. The molecular formula is C13H18N2O. The number of hydrogen-bond acceptors (Lipinski definition) is 2. The number of amides is 1. The molecular weight excluding hydrogens is 200 g/mol. The third-order valence-corrected chi connectivity index (χ3v) is 3.20. The maximum absolute atomic E-state index is 11.3. The second-order valence-electron chi connectivity index (χ2n) is 4.34. The molecule has 16 heavy (non-hydrogen) atoms. The van der Waals surface area contributed by atoms with Crippen molar-refractivity contribution in [1.29, 1.82) is 0 Å². The van der Waals surface area contributed by atoms with Crippen molar-refractivity contribution in [1.82, 2.24) is 5.32 Å². The molecule has 0 radical (unpaired) electrons. The number of carbonyl (C=O) groups excluding carboxylic acids is 1. The van der Waals surface area contributed by atoms with Crippen molar-refractivity contribution >= 4 is 5.91 Å². The molecule has 0 saturated carbocycles. The average molecular weight is 218 g/mol. The topological polar surface area (TPSA) is 55.1 Å². The molecule has 3 nitrogen and oxygen atoms in total. The molecule has 0 spiro atoms. The fraction of sp³-hybridized carbons (Fsp3) is 0.462. The molecule has 1 amide bonds. The van der Waals surface area contributed by atoms with Crippen molar-refractivity contribution in [3.8, 4) is 0 Å². The summed E-state index contributed by atoms with van der Waals surface area (Å²) in [4.78, 5) is 11.3. The molecule has 1 fully saturated rings. The number of hydrogen-bond donors (Lipinski definition) is 2. The molecule has 1 aromatic carbocycles. The minimum atomic E-state index is -0.0212. The molecule has 1 heterocycles. The van der Waals surface area contributed by atoms with E-state index in [2.05, 4.69) is 36.5 Å². The van der Waals surface area contributed by atoms with Gasteiger partial charge in [-0.1, -0.05) is 31.2 Å². The van der Waals surface area contributed by atoms with E-state index in [1.54, 1.807) is 0 Å². The lowest BCUT2D eigenvalue weighted by Crippen LogP contribution is -2.45. The Labute approximate surface area is 96.0 Å². The summed E-state index contributed by atoms with van der Waals surface area (Å²) in [6.45, 7) is 2.13. The van der Waals surface area contributed by atoms with E-state index >= 15 is 0 Å². The molecule has 1 saturated heterocycles. The molecule has 1 aliphatic rings. The summed E-state index contributed by atoms with van der Waals surface area (Å²) in [6.07, 6.45) is 2.35. The molecule has 1 aromatic rings. The van der Waals surface area contributed by atoms with E-state index in [0.717, 1.165) is 18.4 Å². The molecule has 3 N–H and O–H groups in total. The van der Waals surface area contributed by atoms with Gasteiger partial charge >= 0.3 is 0 Å². The first kappa shape index (κ1) is 11.1. The zero-order valence-electron chi connectivity index (χ0n) is 9.57. The van der Waals surface area contributed by atoms with Crippen LogP contribution in [0.3, 0.4) is 0 Å². The van der Waals surface area contributed by atoms with Gasteiger partial charge in [-0.05, 0) is 24.0 Å². The lowest BCUT2D eigenvalue weighted by atomic mass is 9.92. The van der Waals surface area contributed by atoms with Crippen LogP contribution in [-0.2, 0) is 11.2 Å². The van der Waals surface area contributed by atoms with Gasteiger partial charge < -0.3 is 11.1 Å². The number of nitrogens with one attached hydrogen (secondary N) is 1. The summed E-state index contributed by atoms with van der Waals surface area (Å²) in [5.41, 5.74) is 8.44. The highest BCUT2D eigenvalue weighted by Crippen LogP contribution is 2.23. The molecule has 0 aliphatic carbocycles. The average Bonchev–Trinajstić information content (AvgIpc) is 2.32. The first-order valence-electron chi connectivity index (χ1n) is 5.84. The van der Waals surface area contributed by atoms with Crippen LogP contribution in [0, 0.1) is 0 Å². The van der Waals surface area contributed by atoms with Gasteiger partial charge in [-0.3, -0.25) is 4.79 Å². The van der Waals surface area contributed by atoms with E-state index in [1.165, 1.54) is 5.56 Å². The van der Waals surface area contributed by atoms with E-state index < -0.39 is 0 Å². The summed E-state index contributed by atoms with van der Waals surface area (Å²) in [5.74, 6) is 0.103. The lowest BCUT2D eigenvalue weighted by Gasteiger charge is -2.29. The molecule has 0 bridgehead atoms. The predicted molar refractivity (Wildman–Crippen MR) is 63.9 cm³/mol. The van der Waals surface area contributed by atoms with Gasteiger partial charge in [0.25, 0.3) is 0 Å². The predicted octanol–water partition coefficient (Wildman–Crippen LogP) is 1.53. The molecule has 2 atom stereocenters. The van der Waals surface area contributed by atoms with Crippen LogP contribution in [0.15, 0.2) is 24.3 Å².